The second-order valence-electron chi connectivity index (χ2n) is 4.96. The van der Waals surface area contributed by atoms with Crippen molar-refractivity contribution in [1.82, 2.24) is 0 Å². The molecule has 25 heavy (non-hydrogen) atoms. The fourth-order valence-electron chi connectivity index (χ4n) is 1.90. The van der Waals surface area contributed by atoms with Crippen LogP contribution in [0.25, 0.3) is 0 Å². The van der Waals surface area contributed by atoms with Crippen molar-refractivity contribution in [2.45, 2.75) is 48.5 Å². The van der Waals surface area contributed by atoms with Gasteiger partial charge < -0.3 is 74.2 Å². The Balaban J connectivity index is -0.000000321. The van der Waals surface area contributed by atoms with Gasteiger partial charge in [0.25, 0.3) is 0 Å². The molecule has 2 saturated heterocycles. The van der Waals surface area contributed by atoms with Gasteiger partial charge in [-0.25, -0.2) is 0 Å². The standard InChI is InChI=1S/C8H13O4.C6H5.CHCl3.2HI.Sn/c1-4-5(9)6-7(10-4)12-8(2,3)11-6;1-2-4-6-5-3-1;2-1(3)4;;;/h4-7,9H,1H2,2-3H3;1-5H;1H;2*1H;/q2*-1;;;;+4/p-2/t4-,5+,6-,7-;;;;;/m1...../s1. The fourth-order valence-corrected chi connectivity index (χ4v) is 1.90. The Morgan fingerprint density at radius 2 is 1.56 bits per heavy atom. The van der Waals surface area contributed by atoms with Crippen LogP contribution in [0.5, 0.6) is 0 Å². The molecule has 3 rings (SSSR count). The van der Waals surface area contributed by atoms with Crippen LogP contribution in [0, 0.1) is 13.0 Å². The molecule has 2 heterocycles. The predicted octanol–water partition coefficient (Wildman–Crippen LogP) is -2.84. The fraction of sp³-hybridized carbons (Fsp3) is 0.533. The van der Waals surface area contributed by atoms with Crippen molar-refractivity contribution in [2.75, 3.05) is 0 Å². The summed E-state index contributed by atoms with van der Waals surface area (Å²) in [4.78, 5) is 0. The first-order chi connectivity index (χ1) is 10.2. The number of aliphatic hydroxyl groups excluding tert-OH is 1. The molecule has 1 N–H and O–H groups in total. The van der Waals surface area contributed by atoms with E-state index in [9.17, 15) is 5.11 Å². The molecule has 2 aliphatic heterocycles. The topological polar surface area (TPSA) is 47.9 Å². The van der Waals surface area contributed by atoms with Crippen molar-refractivity contribution in [1.29, 1.82) is 0 Å². The normalized spacial score (nSPS) is 27.8. The largest absolute Gasteiger partial charge is 4.00 e. The Morgan fingerprint density at radius 3 is 1.88 bits per heavy atom. The number of fused-ring (bicyclic) bond motifs is 1. The summed E-state index contributed by atoms with van der Waals surface area (Å²) in [5.74, 6) is -0.656. The van der Waals surface area contributed by atoms with Gasteiger partial charge >= 0.3 is 23.9 Å². The van der Waals surface area contributed by atoms with E-state index in [4.69, 9.17) is 49.0 Å². The number of hydrogen-bond acceptors (Lipinski definition) is 4. The van der Waals surface area contributed by atoms with Gasteiger partial charge in [-0.2, -0.15) is 36.4 Å². The maximum atomic E-state index is 9.51. The molecule has 4 atom stereocenters. The summed E-state index contributed by atoms with van der Waals surface area (Å²) in [7, 11) is 0. The third-order valence-corrected chi connectivity index (χ3v) is 2.72. The molecule has 0 radical (unpaired) electrons. The predicted molar refractivity (Wildman–Crippen MR) is 92.4 cm³/mol. The van der Waals surface area contributed by atoms with Gasteiger partial charge in [0.2, 0.25) is 0 Å². The minimum atomic E-state index is -0.750. The third kappa shape index (κ3) is 13.1. The van der Waals surface area contributed by atoms with Crippen LogP contribution >= 0.6 is 34.8 Å². The molecule has 0 amide bonds. The summed E-state index contributed by atoms with van der Waals surface area (Å²) in [5.41, 5.74) is 0. The van der Waals surface area contributed by atoms with Crippen LogP contribution in [0.1, 0.15) is 13.8 Å². The van der Waals surface area contributed by atoms with E-state index in [1.165, 1.54) is 0 Å². The smallest absolute Gasteiger partial charge is 1.00 e. The molecule has 0 unspecified atom stereocenters. The van der Waals surface area contributed by atoms with E-state index in [1.54, 1.807) is 13.8 Å². The molecule has 1 aromatic carbocycles. The quantitative estimate of drug-likeness (QED) is 0.135. The van der Waals surface area contributed by atoms with Gasteiger partial charge in [0.1, 0.15) is 6.10 Å². The SMILES string of the molecule is ClC(Cl)Cl.[CH2-][C@H]1O[C@@H]2OC(C)(C)O[C@@H]2[C@H]1O.[I-].[I-].[Sn+4].[c-]1ccccc1. The zero-order valence-electron chi connectivity index (χ0n) is 13.5. The summed E-state index contributed by atoms with van der Waals surface area (Å²) >= 11 is 14.4. The van der Waals surface area contributed by atoms with Crippen LogP contribution in [-0.4, -0.2) is 63.7 Å². The molecule has 2 aliphatic rings. The van der Waals surface area contributed by atoms with Crippen molar-refractivity contribution in [3.63, 3.8) is 0 Å². The second-order valence-corrected chi connectivity index (χ2v) is 6.94. The molecular weight excluding hydrogens is 723 g/mol. The minimum Gasteiger partial charge on any atom is -1.00 e. The Morgan fingerprint density at radius 1 is 1.08 bits per heavy atom. The van der Waals surface area contributed by atoms with Crippen LogP contribution in [0.2, 0.25) is 0 Å². The Kier molecular flexibility index (Phi) is 20.4. The summed E-state index contributed by atoms with van der Waals surface area (Å²) in [6.07, 6.45) is -1.98. The summed E-state index contributed by atoms with van der Waals surface area (Å²) in [5, 5.41) is 9.51. The summed E-state index contributed by atoms with van der Waals surface area (Å²) < 4.78 is 15.3. The molecule has 0 saturated carbocycles. The molecule has 2 fully saturated rings. The zero-order chi connectivity index (χ0) is 16.8. The zero-order valence-corrected chi connectivity index (χ0v) is 23.0. The number of benzene rings is 1. The molecule has 0 bridgehead atoms. The molecule has 4 nitrogen and oxygen atoms in total. The number of rotatable bonds is 0. The van der Waals surface area contributed by atoms with E-state index in [0.29, 0.717) is 0 Å². The monoisotopic (exact) mass is 742 g/mol. The van der Waals surface area contributed by atoms with Crippen molar-refractivity contribution in [2.24, 2.45) is 0 Å². The van der Waals surface area contributed by atoms with Crippen LogP contribution < -0.4 is 48.0 Å². The van der Waals surface area contributed by atoms with Crippen LogP contribution in [-0.2, 0) is 14.2 Å². The van der Waals surface area contributed by atoms with Gasteiger partial charge in [-0.1, -0.05) is 34.8 Å². The van der Waals surface area contributed by atoms with Crippen LogP contribution in [0.3, 0.4) is 0 Å². The molecular formula is C15H19Cl3I2O4Sn. The van der Waals surface area contributed by atoms with Gasteiger partial charge in [0.15, 0.2) is 16.4 Å². The maximum Gasteiger partial charge on any atom is 4.00 e. The van der Waals surface area contributed by atoms with Crippen molar-refractivity contribution < 1.29 is 67.3 Å². The molecule has 10 heteroatoms. The number of ether oxygens (including phenoxy) is 3. The van der Waals surface area contributed by atoms with Gasteiger partial charge in [-0.05, 0) is 20.0 Å². The maximum absolute atomic E-state index is 9.51. The van der Waals surface area contributed by atoms with E-state index >= 15 is 0 Å². The van der Waals surface area contributed by atoms with Gasteiger partial charge in [0, 0.05) is 0 Å². The number of alkyl halides is 3. The molecule has 0 aromatic heterocycles. The number of hydrogen-bond donors (Lipinski definition) is 1. The van der Waals surface area contributed by atoms with Crippen molar-refractivity contribution in [3.8, 4) is 0 Å². The van der Waals surface area contributed by atoms with Gasteiger partial charge in [-0.15, -0.1) is 0 Å². The first kappa shape index (κ1) is 31.9. The average Bonchev–Trinajstić information content (AvgIpc) is 2.86. The first-order valence-electron chi connectivity index (χ1n) is 6.58. The van der Waals surface area contributed by atoms with Gasteiger partial charge in [0.05, 0.1) is 6.10 Å². The summed E-state index contributed by atoms with van der Waals surface area (Å²) in [6, 6.07) is 12.5. The van der Waals surface area contributed by atoms with Crippen molar-refractivity contribution >= 4 is 58.7 Å². The molecule has 1 aromatic rings. The number of aliphatic hydroxyl groups is 1. The Labute approximate surface area is 215 Å². The molecule has 0 spiro atoms. The van der Waals surface area contributed by atoms with Gasteiger partial charge in [-0.3, -0.25) is 0 Å². The van der Waals surface area contributed by atoms with E-state index in [0.717, 1.165) is 0 Å². The number of halogens is 5. The average molecular weight is 742 g/mol. The van der Waals surface area contributed by atoms with E-state index < -0.39 is 28.6 Å². The Bertz CT molecular complexity index is 403. The molecule has 142 valence electrons. The minimum absolute atomic E-state index is 0. The van der Waals surface area contributed by atoms with Crippen molar-refractivity contribution in [3.05, 3.63) is 43.3 Å². The molecule has 0 aliphatic carbocycles. The van der Waals surface area contributed by atoms with E-state index in [-0.39, 0.29) is 78.0 Å². The summed E-state index contributed by atoms with van der Waals surface area (Å²) in [6.45, 7) is 7.20. The van der Waals surface area contributed by atoms with Crippen LogP contribution in [0.4, 0.5) is 0 Å². The first-order valence-corrected chi connectivity index (χ1v) is 7.89. The second kappa shape index (κ2) is 16.0. The van der Waals surface area contributed by atoms with E-state index in [1.807, 2.05) is 30.3 Å². The van der Waals surface area contributed by atoms with E-state index in [2.05, 4.69) is 13.0 Å². The van der Waals surface area contributed by atoms with Crippen LogP contribution in [0.15, 0.2) is 30.3 Å². The Hall–Kier alpha value is 2.19. The third-order valence-electron chi connectivity index (χ3n) is 2.72.